The van der Waals surface area contributed by atoms with Gasteiger partial charge in [-0.15, -0.1) is 11.3 Å². The zero-order chi connectivity index (χ0) is 19.8. The average Bonchev–Trinajstić information content (AvgIpc) is 3.40. The highest BCUT2D eigenvalue weighted by atomic mass is 32.1. The van der Waals surface area contributed by atoms with Crippen LogP contribution >= 0.6 is 11.3 Å². The number of nitrogens with one attached hydrogen (secondary N) is 2. The van der Waals surface area contributed by atoms with Gasteiger partial charge in [-0.3, -0.25) is 14.4 Å². The summed E-state index contributed by atoms with van der Waals surface area (Å²) in [5, 5.41) is 17.1. The van der Waals surface area contributed by atoms with Crippen LogP contribution in [0.15, 0.2) is 47.9 Å². The smallest absolute Gasteiger partial charge is 0.307 e. The van der Waals surface area contributed by atoms with Crippen molar-refractivity contribution in [3.8, 4) is 0 Å². The van der Waals surface area contributed by atoms with Crippen LogP contribution in [-0.4, -0.2) is 22.9 Å². The molecule has 6 nitrogen and oxygen atoms in total. The number of carboxylic acids is 1. The third-order valence-corrected chi connectivity index (χ3v) is 6.40. The zero-order valence-corrected chi connectivity index (χ0v) is 16.0. The Labute approximate surface area is 166 Å². The Bertz CT molecular complexity index is 967. The predicted molar refractivity (Wildman–Crippen MR) is 107 cm³/mol. The quantitative estimate of drug-likeness (QED) is 0.671. The van der Waals surface area contributed by atoms with E-state index in [1.807, 2.05) is 30.5 Å². The number of thiophene rings is 1. The van der Waals surface area contributed by atoms with Crippen LogP contribution in [0.5, 0.6) is 0 Å². The van der Waals surface area contributed by atoms with Crippen molar-refractivity contribution in [2.24, 2.45) is 23.7 Å². The van der Waals surface area contributed by atoms with Gasteiger partial charge in [0.15, 0.2) is 0 Å². The summed E-state index contributed by atoms with van der Waals surface area (Å²) in [5.41, 5.74) is 2.07. The number of allylic oxidation sites excluding steroid dienone is 2. The van der Waals surface area contributed by atoms with E-state index in [1.165, 1.54) is 11.3 Å². The molecule has 0 saturated heterocycles. The second kappa shape index (κ2) is 7.24. The van der Waals surface area contributed by atoms with Gasteiger partial charge < -0.3 is 15.7 Å². The number of aliphatic carboxylic acids is 1. The number of rotatable bonds is 5. The average molecular weight is 396 g/mol. The zero-order valence-electron chi connectivity index (χ0n) is 15.2. The first-order chi connectivity index (χ1) is 13.4. The SMILES string of the molecule is Cc1cc(NC(=O)[C@@H]2[C@@H](C(=O)O)[C@H]3C=C[C@H]2C3)ccc1NC(=O)c1cccs1. The van der Waals surface area contributed by atoms with E-state index in [0.29, 0.717) is 16.3 Å². The lowest BCUT2D eigenvalue weighted by Crippen LogP contribution is -2.36. The highest BCUT2D eigenvalue weighted by Gasteiger charge is 2.51. The minimum atomic E-state index is -0.917. The molecule has 1 aromatic carbocycles. The van der Waals surface area contributed by atoms with Gasteiger partial charge >= 0.3 is 5.97 Å². The van der Waals surface area contributed by atoms with E-state index in [1.54, 1.807) is 24.3 Å². The van der Waals surface area contributed by atoms with Crippen LogP contribution < -0.4 is 10.6 Å². The summed E-state index contributed by atoms with van der Waals surface area (Å²) in [6.45, 7) is 1.85. The third kappa shape index (κ3) is 3.33. The molecular weight excluding hydrogens is 376 g/mol. The fraction of sp³-hybridized carbons (Fsp3) is 0.286. The van der Waals surface area contributed by atoms with Crippen molar-refractivity contribution in [1.29, 1.82) is 0 Å². The fourth-order valence-electron chi connectivity index (χ4n) is 4.22. The Morgan fingerprint density at radius 1 is 1.07 bits per heavy atom. The molecule has 0 unspecified atom stereocenters. The van der Waals surface area contributed by atoms with Crippen molar-refractivity contribution in [1.82, 2.24) is 0 Å². The van der Waals surface area contributed by atoms with Crippen molar-refractivity contribution >= 4 is 40.5 Å². The van der Waals surface area contributed by atoms with Crippen LogP contribution in [0.25, 0.3) is 0 Å². The van der Waals surface area contributed by atoms with E-state index < -0.39 is 17.8 Å². The summed E-state index contributed by atoms with van der Waals surface area (Å²) in [7, 11) is 0. The largest absolute Gasteiger partial charge is 0.481 e. The van der Waals surface area contributed by atoms with Gasteiger partial charge in [0.2, 0.25) is 5.91 Å². The van der Waals surface area contributed by atoms with Gasteiger partial charge in [-0.2, -0.15) is 0 Å². The molecule has 4 rings (SSSR count). The molecule has 3 N–H and O–H groups in total. The van der Waals surface area contributed by atoms with Crippen molar-refractivity contribution in [2.45, 2.75) is 13.3 Å². The van der Waals surface area contributed by atoms with Gasteiger partial charge in [-0.05, 0) is 60.4 Å². The molecule has 7 heteroatoms. The maximum absolute atomic E-state index is 12.8. The molecule has 0 aliphatic heterocycles. The molecule has 1 fully saturated rings. The standard InChI is InChI=1S/C21H20N2O4S/c1-11-9-14(6-7-15(11)23-19(24)16-3-2-8-28-16)22-20(25)17-12-4-5-13(10-12)18(17)21(26)27/h2-9,12-13,17-18H,10H2,1H3,(H,22,25)(H,23,24)(H,26,27)/t12-,13-,17-,18-/m0/s1. The number of carbonyl (C=O) groups is 3. The third-order valence-electron chi connectivity index (χ3n) is 5.53. The Kier molecular flexibility index (Phi) is 4.77. The van der Waals surface area contributed by atoms with Crippen LogP contribution in [0.3, 0.4) is 0 Å². The number of fused-ring (bicyclic) bond motifs is 2. The first kappa shape index (κ1) is 18.4. The number of carboxylic acid groups (broad SMARTS) is 1. The van der Waals surface area contributed by atoms with Crippen molar-refractivity contribution < 1.29 is 19.5 Å². The number of aryl methyl sites for hydroxylation is 1. The van der Waals surface area contributed by atoms with Gasteiger partial charge in [0.25, 0.3) is 5.91 Å². The molecule has 4 atom stereocenters. The second-order valence-electron chi connectivity index (χ2n) is 7.29. The number of benzene rings is 1. The van der Waals surface area contributed by atoms with Crippen LogP contribution in [0, 0.1) is 30.6 Å². The van der Waals surface area contributed by atoms with Crippen LogP contribution in [0.4, 0.5) is 11.4 Å². The lowest BCUT2D eigenvalue weighted by Gasteiger charge is -2.24. The monoisotopic (exact) mass is 396 g/mol. The van der Waals surface area contributed by atoms with Crippen molar-refractivity contribution in [3.63, 3.8) is 0 Å². The molecule has 2 aromatic rings. The Hall–Kier alpha value is -2.93. The van der Waals surface area contributed by atoms with E-state index in [0.717, 1.165) is 12.0 Å². The van der Waals surface area contributed by atoms with Crippen molar-refractivity contribution in [3.05, 3.63) is 58.3 Å². The van der Waals surface area contributed by atoms with Crippen LogP contribution in [-0.2, 0) is 9.59 Å². The minimum absolute atomic E-state index is 0.0171. The first-order valence-electron chi connectivity index (χ1n) is 9.11. The summed E-state index contributed by atoms with van der Waals surface area (Å²) in [5.74, 6) is -2.65. The van der Waals surface area contributed by atoms with Crippen LogP contribution in [0.2, 0.25) is 0 Å². The first-order valence-corrected chi connectivity index (χ1v) is 9.99. The van der Waals surface area contributed by atoms with Gasteiger partial charge in [-0.25, -0.2) is 0 Å². The van der Waals surface area contributed by atoms with E-state index in [9.17, 15) is 19.5 Å². The van der Waals surface area contributed by atoms with Gasteiger partial charge in [0, 0.05) is 11.4 Å². The van der Waals surface area contributed by atoms with Crippen molar-refractivity contribution in [2.75, 3.05) is 10.6 Å². The molecule has 1 saturated carbocycles. The van der Waals surface area contributed by atoms with Crippen LogP contribution in [0.1, 0.15) is 21.7 Å². The summed E-state index contributed by atoms with van der Waals surface area (Å²) in [6.07, 6.45) is 4.60. The highest BCUT2D eigenvalue weighted by molar-refractivity contribution is 7.12. The summed E-state index contributed by atoms with van der Waals surface area (Å²) < 4.78 is 0. The number of amides is 2. The predicted octanol–water partition coefficient (Wildman–Crippen LogP) is 3.77. The molecule has 2 aliphatic carbocycles. The minimum Gasteiger partial charge on any atom is -0.481 e. The summed E-state index contributed by atoms with van der Waals surface area (Å²) in [6, 6.07) is 8.81. The molecule has 2 bridgehead atoms. The normalized spacial score (nSPS) is 24.9. The molecular formula is C21H20N2O4S. The summed E-state index contributed by atoms with van der Waals surface area (Å²) in [4.78, 5) is 37.2. The topological polar surface area (TPSA) is 95.5 Å². The molecule has 0 spiro atoms. The molecule has 1 aromatic heterocycles. The Morgan fingerprint density at radius 3 is 2.46 bits per heavy atom. The molecule has 2 amide bonds. The maximum Gasteiger partial charge on any atom is 0.307 e. The number of hydrogen-bond acceptors (Lipinski definition) is 4. The number of anilines is 2. The lowest BCUT2D eigenvalue weighted by molar-refractivity contribution is -0.146. The lowest BCUT2D eigenvalue weighted by atomic mass is 9.82. The number of hydrogen-bond donors (Lipinski definition) is 3. The van der Waals surface area contributed by atoms with Gasteiger partial charge in [0.05, 0.1) is 16.7 Å². The highest BCUT2D eigenvalue weighted by Crippen LogP contribution is 2.48. The number of carbonyl (C=O) groups excluding carboxylic acids is 2. The Morgan fingerprint density at radius 2 is 1.82 bits per heavy atom. The molecule has 2 aliphatic rings. The van der Waals surface area contributed by atoms with Gasteiger partial charge in [0.1, 0.15) is 0 Å². The summed E-state index contributed by atoms with van der Waals surface area (Å²) >= 11 is 1.37. The van der Waals surface area contributed by atoms with E-state index in [-0.39, 0.29) is 23.7 Å². The van der Waals surface area contributed by atoms with E-state index in [4.69, 9.17) is 0 Å². The van der Waals surface area contributed by atoms with Gasteiger partial charge in [-0.1, -0.05) is 18.2 Å². The maximum atomic E-state index is 12.8. The molecule has 1 heterocycles. The second-order valence-corrected chi connectivity index (χ2v) is 8.24. The van der Waals surface area contributed by atoms with E-state index in [2.05, 4.69) is 10.6 Å². The molecule has 0 radical (unpaired) electrons. The fourth-order valence-corrected chi connectivity index (χ4v) is 4.83. The van der Waals surface area contributed by atoms with E-state index >= 15 is 0 Å². The molecule has 144 valence electrons. The Balaban J connectivity index is 1.46. The molecule has 28 heavy (non-hydrogen) atoms.